The summed E-state index contributed by atoms with van der Waals surface area (Å²) in [6.45, 7) is -0.521. The number of hydrogen-bond donors (Lipinski definition) is 5. The molecule has 0 aromatic heterocycles. The topological polar surface area (TPSA) is 133 Å². The van der Waals surface area contributed by atoms with E-state index in [1.807, 2.05) is 36.4 Å². The molecule has 10 heteroatoms. The second-order valence-electron chi connectivity index (χ2n) is 7.88. The number of rotatable bonds is 6. The number of methoxy groups -OCH3 is 1. The van der Waals surface area contributed by atoms with Crippen LogP contribution in [0.5, 0.6) is 11.5 Å². The highest BCUT2D eigenvalue weighted by molar-refractivity contribution is 7.80. The van der Waals surface area contributed by atoms with E-state index < -0.39 is 37.3 Å². The molecular formula is C23H26N2O7S. The third kappa shape index (κ3) is 5.16. The zero-order chi connectivity index (χ0) is 23.5. The van der Waals surface area contributed by atoms with Crippen molar-refractivity contribution in [2.45, 2.75) is 43.2 Å². The first kappa shape index (κ1) is 23.6. The van der Waals surface area contributed by atoms with Gasteiger partial charge in [0.15, 0.2) is 5.11 Å². The molecule has 0 bridgehead atoms. The van der Waals surface area contributed by atoms with E-state index in [-0.39, 0.29) is 6.04 Å². The second-order valence-corrected chi connectivity index (χ2v) is 8.26. The van der Waals surface area contributed by atoms with Crippen molar-refractivity contribution in [2.75, 3.05) is 13.7 Å². The van der Waals surface area contributed by atoms with E-state index in [2.05, 4.69) is 10.3 Å². The molecule has 0 amide bonds. The minimum Gasteiger partial charge on any atom is -0.497 e. The summed E-state index contributed by atoms with van der Waals surface area (Å²) in [4.78, 5) is 4.48. The first-order valence-corrected chi connectivity index (χ1v) is 10.9. The molecule has 1 saturated heterocycles. The predicted molar refractivity (Wildman–Crippen MR) is 123 cm³/mol. The molecule has 0 spiro atoms. The molecule has 1 fully saturated rings. The van der Waals surface area contributed by atoms with Crippen molar-refractivity contribution in [2.24, 2.45) is 4.99 Å². The molecule has 9 nitrogen and oxygen atoms in total. The molecule has 33 heavy (non-hydrogen) atoms. The highest BCUT2D eigenvalue weighted by Crippen LogP contribution is 2.28. The molecule has 4 rings (SSSR count). The van der Waals surface area contributed by atoms with E-state index in [4.69, 9.17) is 26.4 Å². The average molecular weight is 475 g/mol. The lowest BCUT2D eigenvalue weighted by atomic mass is 9.96. The van der Waals surface area contributed by atoms with Gasteiger partial charge < -0.3 is 40.0 Å². The Hall–Kier alpha value is -2.60. The van der Waals surface area contributed by atoms with E-state index >= 15 is 0 Å². The van der Waals surface area contributed by atoms with Crippen LogP contribution >= 0.6 is 12.2 Å². The predicted octanol–water partition coefficient (Wildman–Crippen LogP) is 0.682. The number of ether oxygens (including phenoxy) is 3. The van der Waals surface area contributed by atoms with Crippen LogP contribution in [-0.2, 0) is 4.74 Å². The SMILES string of the molecule is COc1ccc(C2CC(c3ccc(O[C@@H]4O[C@H](CO)[C@@H](O)[C@H](O)[C@H]4O)cc3)=NC(=S)N2)cc1. The largest absolute Gasteiger partial charge is 0.497 e. The van der Waals surface area contributed by atoms with Crippen molar-refractivity contribution in [1.29, 1.82) is 0 Å². The summed E-state index contributed by atoms with van der Waals surface area (Å²) < 4.78 is 16.3. The molecule has 2 aliphatic heterocycles. The van der Waals surface area contributed by atoms with Crippen LogP contribution < -0.4 is 14.8 Å². The summed E-state index contributed by atoms with van der Waals surface area (Å²) in [5.41, 5.74) is 2.74. The molecule has 2 aliphatic rings. The first-order valence-electron chi connectivity index (χ1n) is 10.5. The molecule has 2 aromatic carbocycles. The van der Waals surface area contributed by atoms with Gasteiger partial charge in [-0.05, 0) is 59.7 Å². The van der Waals surface area contributed by atoms with Gasteiger partial charge in [-0.2, -0.15) is 0 Å². The van der Waals surface area contributed by atoms with Crippen molar-refractivity contribution in [3.8, 4) is 11.5 Å². The molecular weight excluding hydrogens is 448 g/mol. The Balaban J connectivity index is 1.45. The Morgan fingerprint density at radius 3 is 2.30 bits per heavy atom. The molecule has 0 radical (unpaired) electrons. The van der Waals surface area contributed by atoms with Crippen LogP contribution in [0.3, 0.4) is 0 Å². The number of aliphatic hydroxyl groups excluding tert-OH is 4. The maximum atomic E-state index is 10.2. The summed E-state index contributed by atoms with van der Waals surface area (Å²) in [5.74, 6) is 1.16. The first-order chi connectivity index (χ1) is 15.9. The Morgan fingerprint density at radius 1 is 1.00 bits per heavy atom. The summed E-state index contributed by atoms with van der Waals surface area (Å²) in [7, 11) is 1.62. The quantitative estimate of drug-likeness (QED) is 0.383. The molecule has 6 atom stereocenters. The van der Waals surface area contributed by atoms with Crippen molar-refractivity contribution in [3.05, 3.63) is 59.7 Å². The van der Waals surface area contributed by atoms with Crippen LogP contribution in [0, 0.1) is 0 Å². The number of nitrogens with one attached hydrogen (secondary N) is 1. The number of benzene rings is 2. The maximum Gasteiger partial charge on any atom is 0.229 e. The van der Waals surface area contributed by atoms with Crippen LogP contribution in [0.25, 0.3) is 0 Å². The van der Waals surface area contributed by atoms with Gasteiger partial charge in [0.1, 0.15) is 35.9 Å². The fourth-order valence-electron chi connectivity index (χ4n) is 3.84. The third-order valence-corrected chi connectivity index (χ3v) is 5.95. The Bertz CT molecular complexity index is 997. The van der Waals surface area contributed by atoms with Crippen LogP contribution in [0.15, 0.2) is 53.5 Å². The molecule has 0 saturated carbocycles. The average Bonchev–Trinajstić information content (AvgIpc) is 2.84. The number of aliphatic imine (C=N–C) groups is 1. The van der Waals surface area contributed by atoms with Gasteiger partial charge in [-0.25, -0.2) is 4.99 Å². The number of nitrogens with zero attached hydrogens (tertiary/aromatic N) is 1. The van der Waals surface area contributed by atoms with E-state index in [0.717, 1.165) is 22.6 Å². The van der Waals surface area contributed by atoms with E-state index in [1.54, 1.807) is 19.2 Å². The summed E-state index contributed by atoms with van der Waals surface area (Å²) in [5, 5.41) is 42.9. The lowest BCUT2D eigenvalue weighted by Gasteiger charge is -2.39. The van der Waals surface area contributed by atoms with E-state index in [0.29, 0.717) is 17.3 Å². The number of aliphatic hydroxyl groups is 4. The summed E-state index contributed by atoms with van der Waals surface area (Å²) in [6.07, 6.45) is -6.06. The smallest absolute Gasteiger partial charge is 0.229 e. The zero-order valence-corrected chi connectivity index (χ0v) is 18.7. The minimum atomic E-state index is -1.50. The summed E-state index contributed by atoms with van der Waals surface area (Å²) in [6, 6.07) is 14.8. The van der Waals surface area contributed by atoms with Gasteiger partial charge in [-0.15, -0.1) is 0 Å². The number of hydrogen-bond acceptors (Lipinski definition) is 8. The molecule has 176 valence electrons. The highest BCUT2D eigenvalue weighted by atomic mass is 32.1. The fraction of sp³-hybridized carbons (Fsp3) is 0.391. The standard InChI is InChI=1S/C23H26N2O7S/c1-30-14-6-2-12(3-7-14)16-10-17(25-23(33)24-16)13-4-8-15(9-5-13)31-22-21(29)20(28)19(27)18(11-26)32-22/h2-9,16,18-22,26-29H,10-11H2,1H3,(H,24,33)/t16?,18-,19-,20+,21-,22-/m1/s1. The molecule has 0 aliphatic carbocycles. The highest BCUT2D eigenvalue weighted by Gasteiger charge is 2.44. The molecule has 1 unspecified atom stereocenters. The van der Waals surface area contributed by atoms with Gasteiger partial charge in [0.2, 0.25) is 6.29 Å². The normalized spacial score (nSPS) is 29.7. The van der Waals surface area contributed by atoms with Gasteiger partial charge in [0.25, 0.3) is 0 Å². The van der Waals surface area contributed by atoms with Gasteiger partial charge in [-0.3, -0.25) is 0 Å². The Morgan fingerprint density at radius 2 is 1.67 bits per heavy atom. The van der Waals surface area contributed by atoms with Gasteiger partial charge in [0.05, 0.1) is 25.5 Å². The third-order valence-electron chi connectivity index (χ3n) is 5.74. The number of thiocarbonyl (C=S) groups is 1. The lowest BCUT2D eigenvalue weighted by Crippen LogP contribution is -2.60. The van der Waals surface area contributed by atoms with Gasteiger partial charge in [0, 0.05) is 6.42 Å². The van der Waals surface area contributed by atoms with Crippen molar-refractivity contribution in [3.63, 3.8) is 0 Å². The summed E-state index contributed by atoms with van der Waals surface area (Å²) >= 11 is 5.34. The monoisotopic (exact) mass is 474 g/mol. The second kappa shape index (κ2) is 10.1. The fourth-order valence-corrected chi connectivity index (χ4v) is 4.09. The minimum absolute atomic E-state index is 0.0269. The van der Waals surface area contributed by atoms with E-state index in [1.165, 1.54) is 0 Å². The van der Waals surface area contributed by atoms with Crippen molar-refractivity contribution < 1.29 is 34.6 Å². The Kier molecular flexibility index (Phi) is 7.23. The van der Waals surface area contributed by atoms with Crippen molar-refractivity contribution in [1.82, 2.24) is 5.32 Å². The molecule has 5 N–H and O–H groups in total. The Labute approximate surface area is 196 Å². The van der Waals surface area contributed by atoms with E-state index in [9.17, 15) is 20.4 Å². The van der Waals surface area contributed by atoms with Crippen LogP contribution in [0.4, 0.5) is 0 Å². The molecule has 2 heterocycles. The van der Waals surface area contributed by atoms with Gasteiger partial charge >= 0.3 is 0 Å². The van der Waals surface area contributed by atoms with Crippen LogP contribution in [0.2, 0.25) is 0 Å². The molecule has 2 aromatic rings. The van der Waals surface area contributed by atoms with Crippen molar-refractivity contribution >= 4 is 23.0 Å². The zero-order valence-electron chi connectivity index (χ0n) is 17.9. The maximum absolute atomic E-state index is 10.2. The lowest BCUT2D eigenvalue weighted by molar-refractivity contribution is -0.277. The van der Waals surface area contributed by atoms with Gasteiger partial charge in [-0.1, -0.05) is 12.1 Å². The van der Waals surface area contributed by atoms with Crippen LogP contribution in [0.1, 0.15) is 23.6 Å². The van der Waals surface area contributed by atoms with Crippen LogP contribution in [-0.4, -0.2) is 75.7 Å².